The van der Waals surface area contributed by atoms with Gasteiger partial charge in [-0.2, -0.15) is 23.1 Å². The third-order valence-electron chi connectivity index (χ3n) is 8.35. The van der Waals surface area contributed by atoms with E-state index in [1.165, 1.54) is 23.8 Å². The number of nitrogens with two attached hydrogens (primary N) is 1. The topological polar surface area (TPSA) is 114 Å². The lowest BCUT2D eigenvalue weighted by Gasteiger charge is -2.39. The van der Waals surface area contributed by atoms with Crippen molar-refractivity contribution in [2.45, 2.75) is 63.8 Å². The van der Waals surface area contributed by atoms with Crippen LogP contribution in [0.1, 0.15) is 57.3 Å². The molecule has 2 saturated heterocycles. The molecule has 3 aromatic rings. The van der Waals surface area contributed by atoms with Gasteiger partial charge in [0.25, 0.3) is 0 Å². The number of rotatable bonds is 6. The monoisotopic (exact) mass is 583 g/mol. The first-order valence-electron chi connectivity index (χ1n) is 14.0. The van der Waals surface area contributed by atoms with E-state index in [2.05, 4.69) is 36.1 Å². The first kappa shape index (κ1) is 29.6. The summed E-state index contributed by atoms with van der Waals surface area (Å²) in [5.74, 6) is -0.937. The fourth-order valence-electron chi connectivity index (χ4n) is 5.79. The summed E-state index contributed by atoms with van der Waals surface area (Å²) < 4.78 is 48.1. The van der Waals surface area contributed by atoms with Gasteiger partial charge in [0.2, 0.25) is 17.9 Å². The Balaban J connectivity index is 1.31. The van der Waals surface area contributed by atoms with Gasteiger partial charge in [0.1, 0.15) is 11.9 Å². The number of carboxylic acids is 1. The second-order valence-corrected chi connectivity index (χ2v) is 12.4. The number of nitrogens with one attached hydrogen (secondary N) is 1. The molecule has 4 N–H and O–H groups in total. The number of halogens is 3. The van der Waals surface area contributed by atoms with Crippen LogP contribution in [0.15, 0.2) is 54.6 Å². The number of benzene rings is 2. The third kappa shape index (κ3) is 6.46. The molecule has 0 radical (unpaired) electrons. The zero-order chi connectivity index (χ0) is 30.3. The molecule has 0 saturated carbocycles. The summed E-state index contributed by atoms with van der Waals surface area (Å²) in [4.78, 5) is 21.5. The Bertz CT molecular complexity index is 1410. The first-order chi connectivity index (χ1) is 19.7. The first-order valence-corrected chi connectivity index (χ1v) is 14.0. The summed E-state index contributed by atoms with van der Waals surface area (Å²) in [7, 11) is 0. The van der Waals surface area contributed by atoms with Crippen LogP contribution in [0, 0.1) is 5.41 Å². The minimum absolute atomic E-state index is 0.000883. The smallest absolute Gasteiger partial charge is 0.429 e. The number of ether oxygens (including phenoxy) is 1. The predicted octanol–water partition coefficient (Wildman–Crippen LogP) is 5.74. The highest BCUT2D eigenvalue weighted by Gasteiger charge is 2.45. The highest BCUT2D eigenvalue weighted by Crippen LogP contribution is 2.41. The largest absolute Gasteiger partial charge is 0.480 e. The number of nitrogen functional groups attached to an aromatic ring is 1. The van der Waals surface area contributed by atoms with Crippen molar-refractivity contribution >= 4 is 17.7 Å². The van der Waals surface area contributed by atoms with Crippen LogP contribution in [0.2, 0.25) is 0 Å². The average molecular weight is 584 g/mol. The van der Waals surface area contributed by atoms with E-state index in [1.807, 2.05) is 29.2 Å². The standard InChI is InChI=1S/C31H36F3N5O3/c1-29(2,3)22-10-8-20(9-11-22)19-4-6-21(7-5-19)26(31(32,33)34)42-25-16-24(37-28(35)38-25)39-14-12-30(13-15-39)17-23(27(40)41)36-18-30/h4-11,16,23,26,36H,12-15,17-18H2,1-3H3,(H,40,41)(H2,35,37,38)/t23-,26?/m0/s1. The number of piperidine rings is 1. The number of aromatic nitrogens is 2. The van der Waals surface area contributed by atoms with Crippen molar-refractivity contribution in [1.29, 1.82) is 0 Å². The Labute approximate surface area is 243 Å². The molecule has 2 aromatic carbocycles. The Morgan fingerprint density at radius 2 is 1.64 bits per heavy atom. The van der Waals surface area contributed by atoms with E-state index in [-0.39, 0.29) is 28.2 Å². The van der Waals surface area contributed by atoms with Crippen LogP contribution in [-0.2, 0) is 10.2 Å². The molecule has 2 fully saturated rings. The highest BCUT2D eigenvalue weighted by molar-refractivity contribution is 5.74. The zero-order valence-corrected chi connectivity index (χ0v) is 23.9. The van der Waals surface area contributed by atoms with Gasteiger partial charge in [-0.05, 0) is 46.8 Å². The fourth-order valence-corrected chi connectivity index (χ4v) is 5.79. The molecule has 1 aromatic heterocycles. The van der Waals surface area contributed by atoms with Crippen LogP contribution in [0.25, 0.3) is 11.1 Å². The van der Waals surface area contributed by atoms with Crippen LogP contribution in [0.5, 0.6) is 5.88 Å². The Hall–Kier alpha value is -3.86. The van der Waals surface area contributed by atoms with Crippen molar-refractivity contribution in [3.05, 3.63) is 65.7 Å². The van der Waals surface area contributed by atoms with E-state index in [1.54, 1.807) is 12.1 Å². The maximum atomic E-state index is 14.2. The van der Waals surface area contributed by atoms with Crippen molar-refractivity contribution in [3.63, 3.8) is 0 Å². The van der Waals surface area contributed by atoms with Crippen LogP contribution in [-0.4, -0.2) is 52.9 Å². The van der Waals surface area contributed by atoms with Crippen molar-refractivity contribution < 1.29 is 27.8 Å². The molecular formula is C31H36F3N5O3. The molecule has 5 rings (SSSR count). The number of alkyl halides is 3. The predicted molar refractivity (Wildman–Crippen MR) is 154 cm³/mol. The van der Waals surface area contributed by atoms with Gasteiger partial charge >= 0.3 is 12.1 Å². The van der Waals surface area contributed by atoms with E-state index >= 15 is 0 Å². The highest BCUT2D eigenvalue weighted by atomic mass is 19.4. The van der Waals surface area contributed by atoms with Crippen molar-refractivity contribution in [1.82, 2.24) is 15.3 Å². The fraction of sp³-hybridized carbons (Fsp3) is 0.452. The molecule has 42 heavy (non-hydrogen) atoms. The van der Waals surface area contributed by atoms with Crippen LogP contribution in [0.4, 0.5) is 24.9 Å². The second-order valence-electron chi connectivity index (χ2n) is 12.4. The molecular weight excluding hydrogens is 547 g/mol. The lowest BCUT2D eigenvalue weighted by atomic mass is 9.76. The molecule has 0 bridgehead atoms. The van der Waals surface area contributed by atoms with E-state index in [9.17, 15) is 23.1 Å². The van der Waals surface area contributed by atoms with E-state index < -0.39 is 24.3 Å². The van der Waals surface area contributed by atoms with Gasteiger partial charge in [0.15, 0.2) is 0 Å². The Morgan fingerprint density at radius 3 is 2.17 bits per heavy atom. The summed E-state index contributed by atoms with van der Waals surface area (Å²) in [6, 6.07) is 15.0. The van der Waals surface area contributed by atoms with Crippen molar-refractivity contribution in [2.75, 3.05) is 30.3 Å². The zero-order valence-electron chi connectivity index (χ0n) is 23.9. The molecule has 1 spiro atoms. The second kappa shape index (κ2) is 11.1. The van der Waals surface area contributed by atoms with Gasteiger partial charge in [-0.25, -0.2) is 0 Å². The Morgan fingerprint density at radius 1 is 1.05 bits per heavy atom. The van der Waals surface area contributed by atoms with Crippen molar-refractivity contribution in [3.8, 4) is 17.0 Å². The van der Waals surface area contributed by atoms with Crippen LogP contribution >= 0.6 is 0 Å². The van der Waals surface area contributed by atoms with Gasteiger partial charge < -0.3 is 25.8 Å². The number of hydrogen-bond donors (Lipinski definition) is 3. The van der Waals surface area contributed by atoms with Crippen LogP contribution < -0.4 is 20.7 Å². The third-order valence-corrected chi connectivity index (χ3v) is 8.35. The van der Waals surface area contributed by atoms with Crippen molar-refractivity contribution in [2.24, 2.45) is 5.41 Å². The molecule has 2 aliphatic rings. The van der Waals surface area contributed by atoms with Gasteiger partial charge in [0, 0.05) is 31.3 Å². The number of aliphatic carboxylic acids is 1. The van der Waals surface area contributed by atoms with Gasteiger partial charge in [-0.1, -0.05) is 69.3 Å². The maximum Gasteiger partial charge on any atom is 0.429 e. The summed E-state index contributed by atoms with van der Waals surface area (Å²) in [6.07, 6.45) is -4.96. The number of nitrogens with zero attached hydrogens (tertiary/aromatic N) is 3. The molecule has 2 aliphatic heterocycles. The minimum atomic E-state index is -4.70. The number of carboxylic acid groups (broad SMARTS) is 1. The van der Waals surface area contributed by atoms with E-state index in [0.717, 1.165) is 24.0 Å². The molecule has 2 atom stereocenters. The molecule has 11 heteroatoms. The number of carbonyl (C=O) groups is 1. The van der Waals surface area contributed by atoms with Crippen LogP contribution in [0.3, 0.4) is 0 Å². The average Bonchev–Trinajstić information content (AvgIpc) is 3.35. The molecule has 3 heterocycles. The van der Waals surface area contributed by atoms with Gasteiger partial charge in [-0.3, -0.25) is 4.79 Å². The molecule has 0 amide bonds. The summed E-state index contributed by atoms with van der Waals surface area (Å²) in [5.41, 5.74) is 8.58. The van der Waals surface area contributed by atoms with E-state index in [0.29, 0.717) is 31.9 Å². The number of hydrogen-bond acceptors (Lipinski definition) is 7. The molecule has 0 aliphatic carbocycles. The molecule has 224 valence electrons. The SMILES string of the molecule is CC(C)(C)c1ccc(-c2ccc(C(Oc3cc(N4CCC5(CC4)CN[C@H](C(=O)O)C5)nc(N)n3)C(F)(F)F)cc2)cc1. The minimum Gasteiger partial charge on any atom is -0.480 e. The van der Waals surface area contributed by atoms with Gasteiger partial charge in [0.05, 0.1) is 0 Å². The summed E-state index contributed by atoms with van der Waals surface area (Å²) in [5, 5.41) is 12.4. The normalized spacial score (nSPS) is 19.6. The van der Waals surface area contributed by atoms with Gasteiger partial charge in [-0.15, -0.1) is 0 Å². The van der Waals surface area contributed by atoms with E-state index in [4.69, 9.17) is 10.5 Å². The molecule has 1 unspecified atom stereocenters. The number of anilines is 2. The summed E-state index contributed by atoms with van der Waals surface area (Å²) in [6.45, 7) is 8.10. The molecule has 8 nitrogen and oxygen atoms in total. The maximum absolute atomic E-state index is 14.2. The quantitative estimate of drug-likeness (QED) is 0.337. The lowest BCUT2D eigenvalue weighted by Crippen LogP contribution is -2.41. The summed E-state index contributed by atoms with van der Waals surface area (Å²) >= 11 is 0. The Kier molecular flexibility index (Phi) is 7.82. The lowest BCUT2D eigenvalue weighted by molar-refractivity contribution is -0.198.